The fourth-order valence-electron chi connectivity index (χ4n) is 2.18. The molecule has 4 heteroatoms. The summed E-state index contributed by atoms with van der Waals surface area (Å²) in [4.78, 5) is 6.56. The lowest BCUT2D eigenvalue weighted by Gasteiger charge is -2.32. The molecule has 1 aliphatic heterocycles. The summed E-state index contributed by atoms with van der Waals surface area (Å²) in [5.74, 6) is 0. The van der Waals surface area contributed by atoms with Crippen molar-refractivity contribution in [3.63, 3.8) is 0 Å². The predicted octanol–water partition coefficient (Wildman–Crippen LogP) is 0.465. The molecular weight excluding hydrogens is 212 g/mol. The summed E-state index contributed by atoms with van der Waals surface area (Å²) in [5.41, 5.74) is 1.30. The molecule has 4 nitrogen and oxygen atoms in total. The van der Waals surface area contributed by atoms with Crippen LogP contribution in [0, 0.1) is 0 Å². The van der Waals surface area contributed by atoms with E-state index in [1.807, 2.05) is 12.4 Å². The number of nitrogens with zero attached hydrogens (tertiary/aromatic N) is 2. The van der Waals surface area contributed by atoms with Gasteiger partial charge in [-0.15, -0.1) is 0 Å². The minimum absolute atomic E-state index is 0.610. The van der Waals surface area contributed by atoms with E-state index in [1.165, 1.54) is 5.56 Å². The average molecular weight is 234 g/mol. The van der Waals surface area contributed by atoms with Crippen LogP contribution in [0.2, 0.25) is 0 Å². The summed E-state index contributed by atoms with van der Waals surface area (Å²) in [6, 6.07) is 4.73. The molecule has 94 valence electrons. The van der Waals surface area contributed by atoms with Crippen LogP contribution < -0.4 is 10.6 Å². The topological polar surface area (TPSA) is 40.2 Å². The van der Waals surface area contributed by atoms with Gasteiger partial charge in [0.25, 0.3) is 0 Å². The van der Waals surface area contributed by atoms with Crippen molar-refractivity contribution in [1.82, 2.24) is 20.5 Å². The monoisotopic (exact) mass is 234 g/mol. The maximum atomic E-state index is 4.02. The smallest absolute Gasteiger partial charge is 0.0271 e. The van der Waals surface area contributed by atoms with E-state index in [1.54, 1.807) is 0 Å². The molecule has 2 N–H and O–H groups in total. The Morgan fingerprint density at radius 1 is 1.35 bits per heavy atom. The quantitative estimate of drug-likeness (QED) is 0.777. The molecule has 0 amide bonds. The van der Waals surface area contributed by atoms with Crippen LogP contribution in [0.15, 0.2) is 24.5 Å². The maximum absolute atomic E-state index is 4.02. The van der Waals surface area contributed by atoms with Crippen molar-refractivity contribution in [2.45, 2.75) is 19.5 Å². The molecule has 0 spiro atoms. The summed E-state index contributed by atoms with van der Waals surface area (Å²) in [6.45, 7) is 8.84. The van der Waals surface area contributed by atoms with Crippen molar-refractivity contribution in [1.29, 1.82) is 0 Å². The molecule has 2 heterocycles. The highest BCUT2D eigenvalue weighted by Gasteiger charge is 2.15. The lowest BCUT2D eigenvalue weighted by molar-refractivity contribution is 0.181. The average Bonchev–Trinajstić information content (AvgIpc) is 2.41. The minimum Gasteiger partial charge on any atom is -0.314 e. The van der Waals surface area contributed by atoms with Crippen LogP contribution in [0.25, 0.3) is 0 Å². The van der Waals surface area contributed by atoms with Crippen molar-refractivity contribution >= 4 is 0 Å². The van der Waals surface area contributed by atoms with E-state index in [0.29, 0.717) is 6.04 Å². The summed E-state index contributed by atoms with van der Waals surface area (Å²) in [7, 11) is 0. The normalized spacial score (nSPS) is 19.1. The molecule has 0 aliphatic carbocycles. The second-order valence-electron chi connectivity index (χ2n) is 4.62. The van der Waals surface area contributed by atoms with Gasteiger partial charge >= 0.3 is 0 Å². The summed E-state index contributed by atoms with van der Waals surface area (Å²) in [5, 5.41) is 6.89. The first-order chi connectivity index (χ1) is 8.36. The number of rotatable bonds is 5. The Morgan fingerprint density at radius 2 is 2.06 bits per heavy atom. The molecule has 0 saturated carbocycles. The van der Waals surface area contributed by atoms with Crippen LogP contribution in [0.5, 0.6) is 0 Å². The van der Waals surface area contributed by atoms with Gasteiger partial charge in [0.15, 0.2) is 0 Å². The largest absolute Gasteiger partial charge is 0.314 e. The molecule has 1 saturated heterocycles. The maximum Gasteiger partial charge on any atom is 0.0271 e. The molecular formula is C13H22N4. The van der Waals surface area contributed by atoms with E-state index in [4.69, 9.17) is 0 Å². The molecule has 1 aliphatic rings. The number of nitrogens with one attached hydrogen (secondary N) is 2. The first-order valence-corrected chi connectivity index (χ1v) is 6.40. The number of hydrogen-bond acceptors (Lipinski definition) is 4. The fourth-order valence-corrected chi connectivity index (χ4v) is 2.18. The Labute approximate surface area is 103 Å². The molecule has 1 atom stereocenters. The highest BCUT2D eigenvalue weighted by molar-refractivity contribution is 5.08. The predicted molar refractivity (Wildman–Crippen MR) is 69.8 cm³/mol. The van der Waals surface area contributed by atoms with Crippen molar-refractivity contribution in [3.05, 3.63) is 30.1 Å². The van der Waals surface area contributed by atoms with E-state index in [-0.39, 0.29) is 0 Å². The van der Waals surface area contributed by atoms with Gasteiger partial charge in [0.1, 0.15) is 0 Å². The third-order valence-corrected chi connectivity index (χ3v) is 3.29. The number of pyridine rings is 1. The van der Waals surface area contributed by atoms with Crippen LogP contribution >= 0.6 is 0 Å². The first kappa shape index (κ1) is 12.5. The van der Waals surface area contributed by atoms with Gasteiger partial charge in [-0.2, -0.15) is 0 Å². The third-order valence-electron chi connectivity index (χ3n) is 3.29. The SMILES string of the molecule is CC(CNCc1ccncc1)N1CCNCC1. The highest BCUT2D eigenvalue weighted by Crippen LogP contribution is 2.01. The Balaban J connectivity index is 1.67. The zero-order valence-electron chi connectivity index (χ0n) is 10.5. The van der Waals surface area contributed by atoms with Gasteiger partial charge in [0.2, 0.25) is 0 Å². The van der Waals surface area contributed by atoms with Gasteiger partial charge < -0.3 is 10.6 Å². The van der Waals surface area contributed by atoms with Crippen molar-refractivity contribution in [2.75, 3.05) is 32.7 Å². The molecule has 0 bridgehead atoms. The molecule has 0 radical (unpaired) electrons. The third kappa shape index (κ3) is 4.07. The van der Waals surface area contributed by atoms with E-state index in [2.05, 4.69) is 39.6 Å². The summed E-state index contributed by atoms with van der Waals surface area (Å²) >= 11 is 0. The van der Waals surface area contributed by atoms with Gasteiger partial charge in [-0.25, -0.2) is 0 Å². The van der Waals surface area contributed by atoms with Crippen LogP contribution in [-0.2, 0) is 6.54 Å². The summed E-state index contributed by atoms with van der Waals surface area (Å²) < 4.78 is 0. The van der Waals surface area contributed by atoms with Crippen LogP contribution in [0.3, 0.4) is 0 Å². The van der Waals surface area contributed by atoms with Crippen molar-refractivity contribution in [3.8, 4) is 0 Å². The zero-order valence-corrected chi connectivity index (χ0v) is 10.5. The van der Waals surface area contributed by atoms with E-state index >= 15 is 0 Å². The van der Waals surface area contributed by atoms with Crippen LogP contribution in [0.4, 0.5) is 0 Å². The number of piperazine rings is 1. The van der Waals surface area contributed by atoms with Gasteiger partial charge in [-0.3, -0.25) is 9.88 Å². The Bertz CT molecular complexity index is 308. The number of hydrogen-bond donors (Lipinski definition) is 2. The van der Waals surface area contributed by atoms with Gasteiger partial charge in [-0.1, -0.05) is 0 Å². The zero-order chi connectivity index (χ0) is 11.9. The molecule has 0 aromatic carbocycles. The molecule has 2 rings (SSSR count). The fraction of sp³-hybridized carbons (Fsp3) is 0.615. The van der Waals surface area contributed by atoms with Crippen molar-refractivity contribution in [2.24, 2.45) is 0 Å². The van der Waals surface area contributed by atoms with E-state index in [0.717, 1.165) is 39.3 Å². The Hall–Kier alpha value is -0.970. The van der Waals surface area contributed by atoms with Gasteiger partial charge in [0.05, 0.1) is 0 Å². The standard InChI is InChI=1S/C13H22N4/c1-12(17-8-6-15-7-9-17)10-16-11-13-2-4-14-5-3-13/h2-5,12,15-16H,6-11H2,1H3. The lowest BCUT2D eigenvalue weighted by Crippen LogP contribution is -2.50. The molecule has 1 unspecified atom stereocenters. The first-order valence-electron chi connectivity index (χ1n) is 6.40. The minimum atomic E-state index is 0.610. The van der Waals surface area contributed by atoms with Crippen LogP contribution in [-0.4, -0.2) is 48.6 Å². The molecule has 1 aromatic rings. The highest BCUT2D eigenvalue weighted by atomic mass is 15.2. The molecule has 17 heavy (non-hydrogen) atoms. The van der Waals surface area contributed by atoms with Crippen molar-refractivity contribution < 1.29 is 0 Å². The Kier molecular flexibility index (Phi) is 4.91. The van der Waals surface area contributed by atoms with Gasteiger partial charge in [-0.05, 0) is 24.6 Å². The molecule has 1 aromatic heterocycles. The van der Waals surface area contributed by atoms with E-state index in [9.17, 15) is 0 Å². The lowest BCUT2D eigenvalue weighted by atomic mass is 10.2. The van der Waals surface area contributed by atoms with E-state index < -0.39 is 0 Å². The second kappa shape index (κ2) is 6.69. The van der Waals surface area contributed by atoms with Gasteiger partial charge in [0, 0.05) is 57.7 Å². The Morgan fingerprint density at radius 3 is 2.76 bits per heavy atom. The second-order valence-corrected chi connectivity index (χ2v) is 4.62. The number of aromatic nitrogens is 1. The summed E-state index contributed by atoms with van der Waals surface area (Å²) in [6.07, 6.45) is 3.69. The molecule has 1 fully saturated rings. The van der Waals surface area contributed by atoms with Crippen LogP contribution in [0.1, 0.15) is 12.5 Å².